The van der Waals surface area contributed by atoms with Crippen molar-refractivity contribution in [1.29, 1.82) is 0 Å². The number of aryl methyl sites for hydroxylation is 1. The normalized spacial score (nSPS) is 16.3. The molecular weight excluding hydrogens is 349 g/mol. The van der Waals surface area contributed by atoms with Crippen LogP contribution in [-0.4, -0.2) is 34.9 Å². The summed E-state index contributed by atoms with van der Waals surface area (Å²) < 4.78 is 15.8. The average molecular weight is 366 g/mol. The summed E-state index contributed by atoms with van der Waals surface area (Å²) >= 11 is 0. The number of aliphatic imine (C=N–C) groups is 1. The molecule has 1 N–H and O–H groups in total. The standard InChI is InChI=1S/C17H16FN3O3.ClH/c1-9-14-11(10-2-3-10)6-12(17(23)24)16(22)21(14)7-13(18)15(9)20-5-4-19-8-20;/h6-8,10H,2-5H2,1H3,(H,23,24);1H. The fraction of sp³-hybridized carbons (Fsp3) is 0.353. The van der Waals surface area contributed by atoms with E-state index >= 15 is 0 Å². The van der Waals surface area contributed by atoms with Gasteiger partial charge in [-0.05, 0) is 37.3 Å². The van der Waals surface area contributed by atoms with Gasteiger partial charge in [-0.2, -0.15) is 0 Å². The summed E-state index contributed by atoms with van der Waals surface area (Å²) in [5, 5.41) is 9.28. The van der Waals surface area contributed by atoms with Crippen LogP contribution in [0.2, 0.25) is 0 Å². The quantitative estimate of drug-likeness (QED) is 0.907. The van der Waals surface area contributed by atoms with Gasteiger partial charge in [-0.15, -0.1) is 12.4 Å². The van der Waals surface area contributed by atoms with Crippen LogP contribution in [0.3, 0.4) is 0 Å². The Labute approximate surface area is 149 Å². The molecule has 0 aromatic carbocycles. The molecule has 0 atom stereocenters. The molecule has 1 saturated carbocycles. The Hall–Kier alpha value is -2.41. The van der Waals surface area contributed by atoms with E-state index in [0.29, 0.717) is 29.9 Å². The second kappa shape index (κ2) is 6.15. The van der Waals surface area contributed by atoms with Gasteiger partial charge in [0.15, 0.2) is 5.82 Å². The van der Waals surface area contributed by atoms with Crippen LogP contribution in [0.15, 0.2) is 22.1 Å². The van der Waals surface area contributed by atoms with E-state index in [4.69, 9.17) is 0 Å². The number of carbonyl (C=O) groups is 1. The summed E-state index contributed by atoms with van der Waals surface area (Å²) in [4.78, 5) is 29.7. The molecule has 3 heterocycles. The number of rotatable bonds is 3. The highest BCUT2D eigenvalue weighted by atomic mass is 35.5. The first-order valence-corrected chi connectivity index (χ1v) is 7.87. The first-order chi connectivity index (χ1) is 11.5. The van der Waals surface area contributed by atoms with Crippen molar-refractivity contribution in [3.05, 3.63) is 45.1 Å². The largest absolute Gasteiger partial charge is 0.477 e. The van der Waals surface area contributed by atoms with E-state index in [1.165, 1.54) is 6.07 Å². The fourth-order valence-electron chi connectivity index (χ4n) is 3.40. The van der Waals surface area contributed by atoms with Gasteiger partial charge < -0.3 is 10.0 Å². The first kappa shape index (κ1) is 17.4. The van der Waals surface area contributed by atoms with Gasteiger partial charge in [0, 0.05) is 12.1 Å². The van der Waals surface area contributed by atoms with Gasteiger partial charge in [0.1, 0.15) is 5.56 Å². The number of pyridine rings is 2. The SMILES string of the molecule is Cc1c(N2C=NCC2)c(F)cn2c(=O)c(C(=O)O)cc(C3CC3)c12.Cl. The molecule has 0 amide bonds. The summed E-state index contributed by atoms with van der Waals surface area (Å²) in [6, 6.07) is 1.46. The third-order valence-electron chi connectivity index (χ3n) is 4.67. The second-order valence-electron chi connectivity index (χ2n) is 6.28. The number of aromatic nitrogens is 1. The molecule has 4 rings (SSSR count). The topological polar surface area (TPSA) is 74.4 Å². The molecule has 2 aromatic heterocycles. The van der Waals surface area contributed by atoms with E-state index in [1.807, 2.05) is 0 Å². The number of aromatic carboxylic acids is 1. The van der Waals surface area contributed by atoms with E-state index in [-0.39, 0.29) is 23.9 Å². The van der Waals surface area contributed by atoms with Crippen molar-refractivity contribution in [2.24, 2.45) is 4.99 Å². The fourth-order valence-corrected chi connectivity index (χ4v) is 3.40. The zero-order valence-electron chi connectivity index (χ0n) is 13.5. The predicted octanol–water partition coefficient (Wildman–Crippen LogP) is 2.59. The molecule has 2 aliphatic rings. The molecule has 0 spiro atoms. The van der Waals surface area contributed by atoms with Gasteiger partial charge >= 0.3 is 5.97 Å². The lowest BCUT2D eigenvalue weighted by Gasteiger charge is -2.21. The van der Waals surface area contributed by atoms with E-state index < -0.39 is 17.3 Å². The van der Waals surface area contributed by atoms with Crippen LogP contribution in [-0.2, 0) is 0 Å². The molecule has 25 heavy (non-hydrogen) atoms. The molecular formula is C17H17ClFN3O3. The Morgan fingerprint density at radius 1 is 1.40 bits per heavy atom. The van der Waals surface area contributed by atoms with Crippen LogP contribution in [0, 0.1) is 12.7 Å². The van der Waals surface area contributed by atoms with Crippen molar-refractivity contribution in [2.75, 3.05) is 18.0 Å². The lowest BCUT2D eigenvalue weighted by molar-refractivity contribution is 0.0694. The number of hydrogen-bond donors (Lipinski definition) is 1. The molecule has 0 unspecified atom stereocenters. The summed E-state index contributed by atoms with van der Waals surface area (Å²) in [6.07, 6.45) is 4.60. The number of fused-ring (bicyclic) bond motifs is 1. The van der Waals surface area contributed by atoms with Crippen LogP contribution in [0.25, 0.3) is 5.52 Å². The molecule has 0 saturated heterocycles. The number of carboxylic acids is 1. The van der Waals surface area contributed by atoms with Crippen LogP contribution in [0.4, 0.5) is 10.1 Å². The van der Waals surface area contributed by atoms with Gasteiger partial charge in [-0.1, -0.05) is 0 Å². The monoisotopic (exact) mass is 365 g/mol. The minimum Gasteiger partial charge on any atom is -0.477 e. The Kier molecular flexibility index (Phi) is 4.28. The maximum atomic E-state index is 14.7. The highest BCUT2D eigenvalue weighted by Gasteiger charge is 2.30. The van der Waals surface area contributed by atoms with E-state index in [9.17, 15) is 19.1 Å². The van der Waals surface area contributed by atoms with Crippen molar-refractivity contribution >= 4 is 35.9 Å². The van der Waals surface area contributed by atoms with Crippen molar-refractivity contribution in [3.63, 3.8) is 0 Å². The van der Waals surface area contributed by atoms with E-state index in [2.05, 4.69) is 4.99 Å². The lowest BCUT2D eigenvalue weighted by atomic mass is 10.0. The zero-order valence-corrected chi connectivity index (χ0v) is 14.3. The van der Waals surface area contributed by atoms with Gasteiger partial charge in [0.05, 0.1) is 30.3 Å². The summed E-state index contributed by atoms with van der Waals surface area (Å²) in [7, 11) is 0. The minimum atomic E-state index is -1.29. The van der Waals surface area contributed by atoms with Gasteiger partial charge in [0.25, 0.3) is 5.56 Å². The molecule has 1 aliphatic heterocycles. The molecule has 8 heteroatoms. The van der Waals surface area contributed by atoms with E-state index in [0.717, 1.165) is 29.0 Å². The minimum absolute atomic E-state index is 0. The first-order valence-electron chi connectivity index (χ1n) is 7.87. The smallest absolute Gasteiger partial charge is 0.341 e. The molecule has 6 nitrogen and oxygen atoms in total. The third-order valence-corrected chi connectivity index (χ3v) is 4.67. The molecule has 2 aromatic rings. The van der Waals surface area contributed by atoms with Crippen molar-refractivity contribution in [2.45, 2.75) is 25.7 Å². The van der Waals surface area contributed by atoms with Gasteiger partial charge in [0.2, 0.25) is 0 Å². The Balaban J connectivity index is 0.00000182. The van der Waals surface area contributed by atoms with Crippen LogP contribution in [0.1, 0.15) is 40.2 Å². The lowest BCUT2D eigenvalue weighted by Crippen LogP contribution is -2.26. The van der Waals surface area contributed by atoms with Crippen LogP contribution in [0.5, 0.6) is 0 Å². The highest BCUT2D eigenvalue weighted by Crippen LogP contribution is 2.43. The predicted molar refractivity (Wildman–Crippen MR) is 95.2 cm³/mol. The zero-order chi connectivity index (χ0) is 17.0. The highest BCUT2D eigenvalue weighted by molar-refractivity contribution is 5.90. The third kappa shape index (κ3) is 2.68. The summed E-state index contributed by atoms with van der Waals surface area (Å²) in [5.41, 5.74) is 1.44. The number of anilines is 1. The Morgan fingerprint density at radius 3 is 2.68 bits per heavy atom. The van der Waals surface area contributed by atoms with Crippen LogP contribution >= 0.6 is 12.4 Å². The number of carboxylic acid groups (broad SMARTS) is 1. The molecule has 0 radical (unpaired) electrons. The molecule has 1 fully saturated rings. The van der Waals surface area contributed by atoms with Crippen molar-refractivity contribution in [3.8, 4) is 0 Å². The van der Waals surface area contributed by atoms with Gasteiger partial charge in [-0.3, -0.25) is 14.2 Å². The Bertz CT molecular complexity index is 966. The van der Waals surface area contributed by atoms with E-state index in [1.54, 1.807) is 18.2 Å². The maximum absolute atomic E-state index is 14.7. The number of nitrogens with zero attached hydrogens (tertiary/aromatic N) is 3. The number of hydrogen-bond acceptors (Lipinski definition) is 4. The second-order valence-corrected chi connectivity index (χ2v) is 6.28. The van der Waals surface area contributed by atoms with Gasteiger partial charge in [-0.25, -0.2) is 9.18 Å². The molecule has 1 aliphatic carbocycles. The number of halogens is 2. The van der Waals surface area contributed by atoms with Crippen LogP contribution < -0.4 is 10.5 Å². The molecule has 132 valence electrons. The average Bonchev–Trinajstić information content (AvgIpc) is 3.24. The molecule has 0 bridgehead atoms. The summed E-state index contributed by atoms with van der Waals surface area (Å²) in [6.45, 7) is 2.96. The maximum Gasteiger partial charge on any atom is 0.341 e. The summed E-state index contributed by atoms with van der Waals surface area (Å²) in [5.74, 6) is -1.62. The Morgan fingerprint density at radius 2 is 2.12 bits per heavy atom. The van der Waals surface area contributed by atoms with Crippen molar-refractivity contribution in [1.82, 2.24) is 4.40 Å². The van der Waals surface area contributed by atoms with Crippen molar-refractivity contribution < 1.29 is 14.3 Å².